The van der Waals surface area contributed by atoms with Crippen LogP contribution in [0.2, 0.25) is 0 Å². The van der Waals surface area contributed by atoms with Crippen molar-refractivity contribution in [3.8, 4) is 0 Å². The second kappa shape index (κ2) is 6.62. The molecule has 110 valence electrons. The minimum Gasteiger partial charge on any atom is -0.382 e. The van der Waals surface area contributed by atoms with Crippen LogP contribution in [0.25, 0.3) is 0 Å². The van der Waals surface area contributed by atoms with E-state index in [9.17, 15) is 0 Å². The van der Waals surface area contributed by atoms with Crippen molar-refractivity contribution < 1.29 is 0 Å². The van der Waals surface area contributed by atoms with Gasteiger partial charge < -0.3 is 10.6 Å². The predicted molar refractivity (Wildman–Crippen MR) is 86.2 cm³/mol. The summed E-state index contributed by atoms with van der Waals surface area (Å²) in [6.45, 7) is 3.37. The zero-order chi connectivity index (χ0) is 13.8. The average molecular weight is 272 g/mol. The molecular formula is C18H28N2. The van der Waals surface area contributed by atoms with Crippen LogP contribution in [0.3, 0.4) is 0 Å². The summed E-state index contributed by atoms with van der Waals surface area (Å²) in [4.78, 5) is 0. The molecular weight excluding hydrogens is 244 g/mol. The van der Waals surface area contributed by atoms with Gasteiger partial charge in [-0.1, -0.05) is 37.0 Å². The van der Waals surface area contributed by atoms with Crippen LogP contribution in [0.1, 0.15) is 50.5 Å². The van der Waals surface area contributed by atoms with Gasteiger partial charge in [0, 0.05) is 17.8 Å². The maximum absolute atomic E-state index is 3.82. The molecule has 0 bridgehead atoms. The summed E-state index contributed by atoms with van der Waals surface area (Å²) < 4.78 is 0. The van der Waals surface area contributed by atoms with Gasteiger partial charge in [-0.3, -0.25) is 0 Å². The molecule has 2 aliphatic rings. The number of aryl methyl sites for hydroxylation is 1. The van der Waals surface area contributed by atoms with Crippen LogP contribution in [0.15, 0.2) is 24.3 Å². The van der Waals surface area contributed by atoms with E-state index in [1.807, 2.05) is 0 Å². The molecule has 0 spiro atoms. The Morgan fingerprint density at radius 2 is 1.70 bits per heavy atom. The van der Waals surface area contributed by atoms with E-state index in [-0.39, 0.29) is 0 Å². The van der Waals surface area contributed by atoms with Gasteiger partial charge in [0.2, 0.25) is 0 Å². The minimum absolute atomic E-state index is 0.655. The molecule has 1 aliphatic carbocycles. The Labute approximate surface area is 123 Å². The second-order valence-corrected chi connectivity index (χ2v) is 6.62. The third kappa shape index (κ3) is 3.35. The fourth-order valence-electron chi connectivity index (χ4n) is 3.93. The summed E-state index contributed by atoms with van der Waals surface area (Å²) in [5.41, 5.74) is 2.63. The lowest BCUT2D eigenvalue weighted by Crippen LogP contribution is -2.48. The number of piperidine rings is 1. The lowest BCUT2D eigenvalue weighted by atomic mass is 9.77. The van der Waals surface area contributed by atoms with Crippen LogP contribution >= 0.6 is 0 Å². The first-order valence-corrected chi connectivity index (χ1v) is 8.39. The van der Waals surface area contributed by atoms with Gasteiger partial charge in [0.15, 0.2) is 0 Å². The maximum Gasteiger partial charge on any atom is 0.0342 e. The van der Waals surface area contributed by atoms with Gasteiger partial charge in [-0.15, -0.1) is 0 Å². The van der Waals surface area contributed by atoms with Crippen molar-refractivity contribution in [3.05, 3.63) is 29.8 Å². The molecule has 1 aromatic rings. The van der Waals surface area contributed by atoms with Gasteiger partial charge in [0.25, 0.3) is 0 Å². The van der Waals surface area contributed by atoms with Gasteiger partial charge in [-0.05, 0) is 57.2 Å². The van der Waals surface area contributed by atoms with E-state index >= 15 is 0 Å². The Bertz CT molecular complexity index is 406. The van der Waals surface area contributed by atoms with E-state index in [0.29, 0.717) is 6.04 Å². The third-order valence-electron chi connectivity index (χ3n) is 5.09. The zero-order valence-corrected chi connectivity index (χ0v) is 12.7. The topological polar surface area (TPSA) is 24.1 Å². The molecule has 1 saturated heterocycles. The highest BCUT2D eigenvalue weighted by molar-refractivity contribution is 5.45. The Balaban J connectivity index is 1.66. The number of hydrogen-bond donors (Lipinski definition) is 2. The maximum atomic E-state index is 3.82. The smallest absolute Gasteiger partial charge is 0.0342 e. The SMILES string of the molecule is Cc1ccc(NC2CCCCC2C2CCCCN2)cc1. The number of rotatable bonds is 3. The minimum atomic E-state index is 0.655. The lowest BCUT2D eigenvalue weighted by Gasteiger charge is -2.40. The Morgan fingerprint density at radius 3 is 2.45 bits per heavy atom. The first kappa shape index (κ1) is 13.9. The Hall–Kier alpha value is -1.02. The summed E-state index contributed by atoms with van der Waals surface area (Å²) in [6, 6.07) is 10.3. The fourth-order valence-corrected chi connectivity index (χ4v) is 3.93. The third-order valence-corrected chi connectivity index (χ3v) is 5.09. The van der Waals surface area contributed by atoms with Crippen molar-refractivity contribution >= 4 is 5.69 Å². The highest BCUT2D eigenvalue weighted by Gasteiger charge is 2.32. The molecule has 0 aromatic heterocycles. The lowest BCUT2D eigenvalue weighted by molar-refractivity contribution is 0.217. The molecule has 1 aromatic carbocycles. The van der Waals surface area contributed by atoms with E-state index in [1.165, 1.54) is 62.7 Å². The molecule has 2 N–H and O–H groups in total. The summed E-state index contributed by atoms with van der Waals surface area (Å²) >= 11 is 0. The normalized spacial score (nSPS) is 30.9. The van der Waals surface area contributed by atoms with Crippen molar-refractivity contribution in [2.45, 2.75) is 64.0 Å². The van der Waals surface area contributed by atoms with Crippen LogP contribution in [0.4, 0.5) is 5.69 Å². The average Bonchev–Trinajstić information content (AvgIpc) is 2.51. The summed E-state index contributed by atoms with van der Waals surface area (Å²) in [5, 5.41) is 7.59. The van der Waals surface area contributed by atoms with Crippen molar-refractivity contribution in [2.75, 3.05) is 11.9 Å². The Kier molecular flexibility index (Phi) is 4.62. The van der Waals surface area contributed by atoms with E-state index in [1.54, 1.807) is 0 Å². The number of hydrogen-bond acceptors (Lipinski definition) is 2. The van der Waals surface area contributed by atoms with Crippen molar-refractivity contribution in [1.29, 1.82) is 0 Å². The monoisotopic (exact) mass is 272 g/mol. The molecule has 20 heavy (non-hydrogen) atoms. The summed E-state index contributed by atoms with van der Waals surface area (Å²) in [7, 11) is 0. The van der Waals surface area contributed by atoms with Gasteiger partial charge in [-0.2, -0.15) is 0 Å². The molecule has 1 aliphatic heterocycles. The van der Waals surface area contributed by atoms with Crippen LogP contribution < -0.4 is 10.6 Å². The standard InChI is InChI=1S/C18H28N2/c1-14-9-11-15(12-10-14)20-18-8-3-2-6-16(18)17-7-4-5-13-19-17/h9-12,16-20H,2-8,13H2,1H3. The quantitative estimate of drug-likeness (QED) is 0.865. The molecule has 3 atom stereocenters. The van der Waals surface area contributed by atoms with Gasteiger partial charge >= 0.3 is 0 Å². The van der Waals surface area contributed by atoms with E-state index in [0.717, 1.165) is 12.0 Å². The van der Waals surface area contributed by atoms with Crippen LogP contribution in [0, 0.1) is 12.8 Å². The molecule has 2 fully saturated rings. The van der Waals surface area contributed by atoms with Crippen molar-refractivity contribution in [3.63, 3.8) is 0 Å². The highest BCUT2D eigenvalue weighted by Crippen LogP contribution is 2.32. The van der Waals surface area contributed by atoms with Crippen LogP contribution in [-0.2, 0) is 0 Å². The zero-order valence-electron chi connectivity index (χ0n) is 12.7. The van der Waals surface area contributed by atoms with Crippen LogP contribution in [0.5, 0.6) is 0 Å². The second-order valence-electron chi connectivity index (χ2n) is 6.62. The number of anilines is 1. The number of benzene rings is 1. The molecule has 3 rings (SSSR count). The van der Waals surface area contributed by atoms with Gasteiger partial charge in [0.1, 0.15) is 0 Å². The van der Waals surface area contributed by atoms with E-state index in [2.05, 4.69) is 41.8 Å². The molecule has 1 heterocycles. The first-order valence-electron chi connectivity index (χ1n) is 8.39. The number of nitrogens with one attached hydrogen (secondary N) is 2. The molecule has 3 unspecified atom stereocenters. The molecule has 2 nitrogen and oxygen atoms in total. The first-order chi connectivity index (χ1) is 9.83. The summed E-state index contributed by atoms with van der Waals surface area (Å²) in [5.74, 6) is 0.811. The van der Waals surface area contributed by atoms with E-state index < -0.39 is 0 Å². The molecule has 0 radical (unpaired) electrons. The molecule has 1 saturated carbocycles. The van der Waals surface area contributed by atoms with E-state index in [4.69, 9.17) is 0 Å². The predicted octanol–water partition coefficient (Wildman–Crippen LogP) is 4.11. The van der Waals surface area contributed by atoms with Crippen LogP contribution in [-0.4, -0.2) is 18.6 Å². The largest absolute Gasteiger partial charge is 0.382 e. The van der Waals surface area contributed by atoms with Crippen molar-refractivity contribution in [1.82, 2.24) is 5.32 Å². The molecule has 0 amide bonds. The summed E-state index contributed by atoms with van der Waals surface area (Å²) in [6.07, 6.45) is 9.65. The molecule has 2 heteroatoms. The fraction of sp³-hybridized carbons (Fsp3) is 0.667. The van der Waals surface area contributed by atoms with Crippen molar-refractivity contribution in [2.24, 2.45) is 5.92 Å². The van der Waals surface area contributed by atoms with Gasteiger partial charge in [-0.25, -0.2) is 0 Å². The Morgan fingerprint density at radius 1 is 0.950 bits per heavy atom. The van der Waals surface area contributed by atoms with Gasteiger partial charge in [0.05, 0.1) is 0 Å². The highest BCUT2D eigenvalue weighted by atomic mass is 15.0.